The number of hydrogen-bond acceptors (Lipinski definition) is 5. The monoisotopic (exact) mass is 197 g/mol. The van der Waals surface area contributed by atoms with E-state index in [1.807, 2.05) is 0 Å². The molecule has 0 aromatic heterocycles. The number of carbonyl (C=O) groups is 1. The minimum Gasteiger partial charge on any atom is -0.330 e. The summed E-state index contributed by atoms with van der Waals surface area (Å²) >= 11 is 3.67. The Hall–Kier alpha value is -0.110. The highest BCUT2D eigenvalue weighted by Crippen LogP contribution is 1.98. The van der Waals surface area contributed by atoms with Gasteiger partial charge in [0.15, 0.2) is 0 Å². The third-order valence-corrected chi connectivity index (χ3v) is 1.48. The van der Waals surface area contributed by atoms with Crippen LogP contribution < -0.4 is 10.5 Å². The van der Waals surface area contributed by atoms with Crippen molar-refractivity contribution in [1.29, 1.82) is 0 Å². The van der Waals surface area contributed by atoms with E-state index in [0.29, 0.717) is 18.0 Å². The van der Waals surface area contributed by atoms with Crippen molar-refractivity contribution in [3.8, 4) is 0 Å². The molecule has 0 unspecified atom stereocenters. The van der Waals surface area contributed by atoms with Crippen molar-refractivity contribution in [3.05, 3.63) is 0 Å². The second kappa shape index (κ2) is 6.59. The number of hydroxylamine groups is 2. The molecule has 0 heterocycles. The Morgan fingerprint density at radius 2 is 2.45 bits per heavy atom. The van der Waals surface area contributed by atoms with E-state index in [-0.39, 0.29) is 6.54 Å². The van der Waals surface area contributed by atoms with E-state index in [1.54, 1.807) is 0 Å². The van der Waals surface area contributed by atoms with E-state index in [9.17, 15) is 4.79 Å². The molecule has 0 spiro atoms. The number of urea groups is 1. The molecule has 2 amide bonds. The van der Waals surface area contributed by atoms with E-state index in [2.05, 4.69) is 16.4 Å². The first-order valence-electron chi connectivity index (χ1n) is 2.99. The van der Waals surface area contributed by atoms with Gasteiger partial charge in [-0.2, -0.15) is 0 Å². The molecular formula is C4H11N3O2S2. The maximum Gasteiger partial charge on any atom is 0.351 e. The third-order valence-electron chi connectivity index (χ3n) is 0.941. The second-order valence-electron chi connectivity index (χ2n) is 1.76. The van der Waals surface area contributed by atoms with E-state index in [0.717, 1.165) is 11.0 Å². The molecule has 0 aromatic rings. The van der Waals surface area contributed by atoms with Gasteiger partial charge in [0.1, 0.15) is 0 Å². The summed E-state index contributed by atoms with van der Waals surface area (Å²) in [6.07, 6.45) is 0.571. The molecule has 0 bridgehead atoms. The van der Waals surface area contributed by atoms with Crippen LogP contribution in [0.3, 0.4) is 0 Å². The second-order valence-corrected chi connectivity index (χ2v) is 2.70. The molecule has 0 atom stereocenters. The molecule has 0 aliphatic heterocycles. The van der Waals surface area contributed by atoms with Crippen molar-refractivity contribution in [2.75, 3.05) is 13.1 Å². The largest absolute Gasteiger partial charge is 0.351 e. The Morgan fingerprint density at radius 1 is 1.82 bits per heavy atom. The van der Waals surface area contributed by atoms with E-state index < -0.39 is 6.03 Å². The van der Waals surface area contributed by atoms with Gasteiger partial charge in [-0.15, -0.1) is 0 Å². The number of carbonyl (C=O) groups excluding carboxylic acids is 1. The molecule has 0 aliphatic rings. The highest BCUT2D eigenvalue weighted by Gasteiger charge is 2.07. The summed E-state index contributed by atoms with van der Waals surface area (Å²) in [6, 6.07) is -0.585. The first-order chi connectivity index (χ1) is 5.22. The van der Waals surface area contributed by atoms with Crippen molar-refractivity contribution in [2.45, 2.75) is 6.42 Å². The zero-order valence-electron chi connectivity index (χ0n) is 5.86. The number of nitrogens with one attached hydrogen (secondary N) is 1. The number of nitrogens with zero attached hydrogens (tertiary/aromatic N) is 1. The standard InChI is InChI=1S/C4H11N3O2S2/c5-2-1-3-7(9)4(8)6-11-10/h9-10H,1-3,5H2,(H,6,8). The first-order valence-corrected chi connectivity index (χ1v) is 4.86. The Kier molecular flexibility index (Phi) is 6.52. The lowest BCUT2D eigenvalue weighted by Gasteiger charge is -2.12. The summed E-state index contributed by atoms with van der Waals surface area (Å²) in [5.74, 6) is 0. The number of nitrogens with two attached hydrogens (primary N) is 1. The molecule has 0 saturated carbocycles. The molecule has 0 saturated heterocycles. The molecule has 11 heavy (non-hydrogen) atoms. The number of thiol groups is 1. The van der Waals surface area contributed by atoms with Gasteiger partial charge in [-0.1, -0.05) is 11.7 Å². The Balaban J connectivity index is 3.46. The van der Waals surface area contributed by atoms with Crippen LogP contribution in [0.2, 0.25) is 0 Å². The fourth-order valence-electron chi connectivity index (χ4n) is 0.434. The smallest absolute Gasteiger partial charge is 0.330 e. The Bertz CT molecular complexity index is 124. The zero-order chi connectivity index (χ0) is 8.69. The van der Waals surface area contributed by atoms with Crippen LogP contribution in [0, 0.1) is 0 Å². The van der Waals surface area contributed by atoms with Crippen LogP contribution >= 0.6 is 22.6 Å². The Labute approximate surface area is 74.2 Å². The predicted molar refractivity (Wildman–Crippen MR) is 47.3 cm³/mol. The van der Waals surface area contributed by atoms with Gasteiger partial charge in [-0.05, 0) is 13.0 Å². The minimum atomic E-state index is -0.585. The Morgan fingerprint density at radius 3 is 2.91 bits per heavy atom. The average molecular weight is 197 g/mol. The van der Waals surface area contributed by atoms with Gasteiger partial charge in [-0.3, -0.25) is 9.93 Å². The van der Waals surface area contributed by atoms with E-state index >= 15 is 0 Å². The van der Waals surface area contributed by atoms with Crippen molar-refractivity contribution in [3.63, 3.8) is 0 Å². The third kappa shape index (κ3) is 5.19. The molecule has 0 aliphatic carbocycles. The molecule has 0 rings (SSSR count). The number of hydrogen-bond donors (Lipinski definition) is 4. The number of amides is 2. The highest BCUT2D eigenvalue weighted by molar-refractivity contribution is 8.68. The van der Waals surface area contributed by atoms with Crippen molar-refractivity contribution >= 4 is 28.7 Å². The molecule has 7 heteroatoms. The normalized spacial score (nSPS) is 9.36. The van der Waals surface area contributed by atoms with Crippen LogP contribution in [-0.2, 0) is 0 Å². The zero-order valence-corrected chi connectivity index (χ0v) is 7.57. The van der Waals surface area contributed by atoms with Gasteiger partial charge in [-0.25, -0.2) is 9.86 Å². The lowest BCUT2D eigenvalue weighted by Crippen LogP contribution is -2.35. The summed E-state index contributed by atoms with van der Waals surface area (Å²) in [5, 5.41) is 9.46. The quantitative estimate of drug-likeness (QED) is 0.171. The van der Waals surface area contributed by atoms with Crippen molar-refractivity contribution < 1.29 is 10.0 Å². The van der Waals surface area contributed by atoms with Gasteiger partial charge in [0.05, 0.1) is 6.54 Å². The summed E-state index contributed by atoms with van der Waals surface area (Å²) in [4.78, 5) is 10.7. The maximum atomic E-state index is 10.7. The van der Waals surface area contributed by atoms with Crippen molar-refractivity contribution in [1.82, 2.24) is 9.79 Å². The minimum absolute atomic E-state index is 0.233. The topological polar surface area (TPSA) is 78.6 Å². The average Bonchev–Trinajstić information content (AvgIpc) is 2.00. The van der Waals surface area contributed by atoms with Gasteiger partial charge in [0, 0.05) is 11.0 Å². The maximum absolute atomic E-state index is 10.7. The van der Waals surface area contributed by atoms with E-state index in [4.69, 9.17) is 10.9 Å². The molecule has 4 N–H and O–H groups in total. The molecular weight excluding hydrogens is 186 g/mol. The molecule has 66 valence electrons. The SMILES string of the molecule is NCCCN(O)C(=O)NSS. The highest BCUT2D eigenvalue weighted by atomic mass is 33.1. The van der Waals surface area contributed by atoms with E-state index in [1.165, 1.54) is 0 Å². The van der Waals surface area contributed by atoms with Crippen LogP contribution in [0.5, 0.6) is 0 Å². The summed E-state index contributed by atoms with van der Waals surface area (Å²) in [6.45, 7) is 0.676. The fourth-order valence-corrected chi connectivity index (χ4v) is 0.852. The van der Waals surface area contributed by atoms with Crippen LogP contribution in [-0.4, -0.2) is 29.4 Å². The number of rotatable bonds is 4. The van der Waals surface area contributed by atoms with Gasteiger partial charge >= 0.3 is 6.03 Å². The molecule has 0 fully saturated rings. The predicted octanol–water partition coefficient (Wildman–Crippen LogP) is 0.229. The summed E-state index contributed by atoms with van der Waals surface area (Å²) in [7, 11) is 0.834. The van der Waals surface area contributed by atoms with Gasteiger partial charge in [0.2, 0.25) is 0 Å². The van der Waals surface area contributed by atoms with Gasteiger partial charge < -0.3 is 5.73 Å². The molecule has 0 aromatic carbocycles. The lowest BCUT2D eigenvalue weighted by molar-refractivity contribution is -0.0407. The van der Waals surface area contributed by atoms with Crippen molar-refractivity contribution in [2.24, 2.45) is 5.73 Å². The summed E-state index contributed by atoms with van der Waals surface area (Å²) in [5.41, 5.74) is 5.16. The molecule has 5 nitrogen and oxygen atoms in total. The van der Waals surface area contributed by atoms with Gasteiger partial charge in [0.25, 0.3) is 0 Å². The summed E-state index contributed by atoms with van der Waals surface area (Å²) < 4.78 is 2.23. The van der Waals surface area contributed by atoms with Crippen LogP contribution in [0.1, 0.15) is 6.42 Å². The van der Waals surface area contributed by atoms with Crippen LogP contribution in [0.15, 0.2) is 0 Å². The first kappa shape index (κ1) is 10.9. The fraction of sp³-hybridized carbons (Fsp3) is 0.750. The van der Waals surface area contributed by atoms with Crippen LogP contribution in [0.25, 0.3) is 0 Å². The molecule has 0 radical (unpaired) electrons. The van der Waals surface area contributed by atoms with Crippen LogP contribution in [0.4, 0.5) is 4.79 Å². The lowest BCUT2D eigenvalue weighted by atomic mass is 10.4.